The van der Waals surface area contributed by atoms with Gasteiger partial charge < -0.3 is 14.8 Å². The van der Waals surface area contributed by atoms with E-state index in [1.165, 1.54) is 6.33 Å². The van der Waals surface area contributed by atoms with E-state index >= 15 is 0 Å². The van der Waals surface area contributed by atoms with Crippen molar-refractivity contribution in [3.63, 3.8) is 0 Å². The van der Waals surface area contributed by atoms with Gasteiger partial charge in [0.25, 0.3) is 0 Å². The first-order valence-corrected chi connectivity index (χ1v) is 8.21. The molecule has 0 amide bonds. The van der Waals surface area contributed by atoms with Gasteiger partial charge in [-0.15, -0.1) is 0 Å². The first kappa shape index (κ1) is 15.9. The third kappa shape index (κ3) is 3.28. The Labute approximate surface area is 151 Å². The van der Waals surface area contributed by atoms with E-state index in [0.717, 1.165) is 28.1 Å². The lowest BCUT2D eigenvalue weighted by atomic mass is 10.2. The maximum atomic E-state index is 6.01. The van der Waals surface area contributed by atoms with Crippen LogP contribution in [0.15, 0.2) is 79.1 Å². The highest BCUT2D eigenvalue weighted by molar-refractivity contribution is 5.92. The fourth-order valence-corrected chi connectivity index (χ4v) is 2.66. The van der Waals surface area contributed by atoms with Crippen LogP contribution in [0.2, 0.25) is 0 Å². The molecule has 26 heavy (non-hydrogen) atoms. The van der Waals surface area contributed by atoms with E-state index in [1.807, 2.05) is 72.8 Å². The minimum Gasteiger partial charge on any atom is -0.497 e. The second-order valence-electron chi connectivity index (χ2n) is 5.64. The highest BCUT2D eigenvalue weighted by atomic mass is 16.5. The molecule has 0 saturated heterocycles. The summed E-state index contributed by atoms with van der Waals surface area (Å²) >= 11 is 0. The SMILES string of the molecule is COc1ccc2ncnc(Nc3ccccc3Oc3ccccc3)c2c1. The summed E-state index contributed by atoms with van der Waals surface area (Å²) in [6.07, 6.45) is 1.54. The zero-order chi connectivity index (χ0) is 17.8. The van der Waals surface area contributed by atoms with Gasteiger partial charge in [0.2, 0.25) is 0 Å². The Balaban J connectivity index is 1.71. The number of hydrogen-bond donors (Lipinski definition) is 1. The summed E-state index contributed by atoms with van der Waals surface area (Å²) in [6, 6.07) is 23.1. The van der Waals surface area contributed by atoms with Gasteiger partial charge in [-0.2, -0.15) is 0 Å². The summed E-state index contributed by atoms with van der Waals surface area (Å²) in [7, 11) is 1.64. The lowest BCUT2D eigenvalue weighted by Crippen LogP contribution is -1.98. The predicted octanol–water partition coefficient (Wildman–Crippen LogP) is 5.17. The molecule has 0 aliphatic heterocycles. The van der Waals surface area contributed by atoms with E-state index in [2.05, 4.69) is 15.3 Å². The smallest absolute Gasteiger partial charge is 0.150 e. The molecule has 5 nitrogen and oxygen atoms in total. The first-order chi connectivity index (χ1) is 12.8. The van der Waals surface area contributed by atoms with Crippen LogP contribution in [-0.2, 0) is 0 Å². The van der Waals surface area contributed by atoms with Gasteiger partial charge in [-0.25, -0.2) is 9.97 Å². The Morgan fingerprint density at radius 1 is 0.808 bits per heavy atom. The van der Waals surface area contributed by atoms with E-state index in [-0.39, 0.29) is 0 Å². The molecule has 128 valence electrons. The van der Waals surface area contributed by atoms with Crippen molar-refractivity contribution in [3.8, 4) is 17.2 Å². The van der Waals surface area contributed by atoms with Crippen molar-refractivity contribution in [1.82, 2.24) is 9.97 Å². The van der Waals surface area contributed by atoms with Crippen molar-refractivity contribution >= 4 is 22.4 Å². The largest absolute Gasteiger partial charge is 0.497 e. The standard InChI is InChI=1S/C21H17N3O2/c1-25-16-11-12-18-17(13-16)21(23-14-22-18)24-19-9-5-6-10-20(19)26-15-7-3-2-4-8-15/h2-14H,1H3,(H,22,23,24). The zero-order valence-electron chi connectivity index (χ0n) is 14.2. The highest BCUT2D eigenvalue weighted by Crippen LogP contribution is 2.33. The summed E-state index contributed by atoms with van der Waals surface area (Å²) < 4.78 is 11.3. The summed E-state index contributed by atoms with van der Waals surface area (Å²) in [6.45, 7) is 0. The molecular formula is C21H17N3O2. The van der Waals surface area contributed by atoms with Crippen LogP contribution in [-0.4, -0.2) is 17.1 Å². The summed E-state index contributed by atoms with van der Waals surface area (Å²) in [5.41, 5.74) is 1.66. The lowest BCUT2D eigenvalue weighted by Gasteiger charge is -2.14. The molecule has 0 bridgehead atoms. The van der Waals surface area contributed by atoms with Crippen LogP contribution < -0.4 is 14.8 Å². The Morgan fingerprint density at radius 2 is 1.62 bits per heavy atom. The quantitative estimate of drug-likeness (QED) is 0.541. The number of para-hydroxylation sites is 3. The lowest BCUT2D eigenvalue weighted by molar-refractivity contribution is 0.415. The molecule has 4 aromatic rings. The Bertz CT molecular complexity index is 1040. The number of hydrogen-bond acceptors (Lipinski definition) is 5. The fraction of sp³-hybridized carbons (Fsp3) is 0.0476. The van der Waals surface area contributed by atoms with Gasteiger partial charge >= 0.3 is 0 Å². The normalized spacial score (nSPS) is 10.5. The molecule has 0 atom stereocenters. The number of fused-ring (bicyclic) bond motifs is 1. The number of nitrogens with one attached hydrogen (secondary N) is 1. The van der Waals surface area contributed by atoms with Crippen LogP contribution in [0, 0.1) is 0 Å². The molecule has 0 saturated carbocycles. The molecule has 0 unspecified atom stereocenters. The molecule has 0 spiro atoms. The molecule has 1 N–H and O–H groups in total. The van der Waals surface area contributed by atoms with E-state index < -0.39 is 0 Å². The molecule has 4 rings (SSSR count). The monoisotopic (exact) mass is 343 g/mol. The molecule has 0 fully saturated rings. The van der Waals surface area contributed by atoms with Crippen molar-refractivity contribution in [2.24, 2.45) is 0 Å². The highest BCUT2D eigenvalue weighted by Gasteiger charge is 2.09. The predicted molar refractivity (Wildman–Crippen MR) is 102 cm³/mol. The van der Waals surface area contributed by atoms with Crippen LogP contribution in [0.25, 0.3) is 10.9 Å². The summed E-state index contributed by atoms with van der Waals surface area (Å²) in [4.78, 5) is 8.70. The number of nitrogens with zero attached hydrogens (tertiary/aromatic N) is 2. The Hall–Kier alpha value is -3.60. The van der Waals surface area contributed by atoms with Crippen LogP contribution in [0.5, 0.6) is 17.2 Å². The van der Waals surface area contributed by atoms with Crippen molar-refractivity contribution in [1.29, 1.82) is 0 Å². The maximum absolute atomic E-state index is 6.01. The maximum Gasteiger partial charge on any atom is 0.150 e. The van der Waals surface area contributed by atoms with Gasteiger partial charge in [0, 0.05) is 5.39 Å². The van der Waals surface area contributed by atoms with E-state index in [9.17, 15) is 0 Å². The second-order valence-corrected chi connectivity index (χ2v) is 5.64. The van der Waals surface area contributed by atoms with Crippen LogP contribution in [0.3, 0.4) is 0 Å². The van der Waals surface area contributed by atoms with Gasteiger partial charge in [-0.3, -0.25) is 0 Å². The number of rotatable bonds is 5. The average molecular weight is 343 g/mol. The molecule has 3 aromatic carbocycles. The molecule has 1 aromatic heterocycles. The number of ether oxygens (including phenoxy) is 2. The van der Waals surface area contributed by atoms with Crippen LogP contribution >= 0.6 is 0 Å². The van der Waals surface area contributed by atoms with Gasteiger partial charge in [-0.1, -0.05) is 30.3 Å². The van der Waals surface area contributed by atoms with Crippen LogP contribution in [0.1, 0.15) is 0 Å². The molecule has 0 aliphatic carbocycles. The van der Waals surface area contributed by atoms with Crippen LogP contribution in [0.4, 0.5) is 11.5 Å². The number of methoxy groups -OCH3 is 1. The van der Waals surface area contributed by atoms with E-state index in [1.54, 1.807) is 7.11 Å². The minimum atomic E-state index is 0.693. The van der Waals surface area contributed by atoms with Crippen molar-refractivity contribution in [2.45, 2.75) is 0 Å². The number of benzene rings is 3. The van der Waals surface area contributed by atoms with Gasteiger partial charge in [0.15, 0.2) is 5.75 Å². The zero-order valence-corrected chi connectivity index (χ0v) is 14.2. The summed E-state index contributed by atoms with van der Waals surface area (Å²) in [5.74, 6) is 2.94. The van der Waals surface area contributed by atoms with Crippen molar-refractivity contribution in [2.75, 3.05) is 12.4 Å². The Morgan fingerprint density at radius 3 is 2.46 bits per heavy atom. The van der Waals surface area contributed by atoms with Gasteiger partial charge in [0.05, 0.1) is 18.3 Å². The summed E-state index contributed by atoms with van der Waals surface area (Å²) in [5, 5.41) is 4.23. The third-order valence-electron chi connectivity index (χ3n) is 3.95. The van der Waals surface area contributed by atoms with E-state index in [0.29, 0.717) is 11.6 Å². The second kappa shape index (κ2) is 7.11. The molecule has 1 heterocycles. The van der Waals surface area contributed by atoms with Crippen molar-refractivity contribution < 1.29 is 9.47 Å². The fourth-order valence-electron chi connectivity index (χ4n) is 2.66. The molecule has 5 heteroatoms. The number of anilines is 2. The molecule has 0 radical (unpaired) electrons. The van der Waals surface area contributed by atoms with Crippen molar-refractivity contribution in [3.05, 3.63) is 79.1 Å². The minimum absolute atomic E-state index is 0.693. The van der Waals surface area contributed by atoms with Gasteiger partial charge in [-0.05, 0) is 42.5 Å². The van der Waals surface area contributed by atoms with E-state index in [4.69, 9.17) is 9.47 Å². The van der Waals surface area contributed by atoms with Gasteiger partial charge in [0.1, 0.15) is 23.6 Å². The molecule has 0 aliphatic rings. The topological polar surface area (TPSA) is 56.3 Å². The Kier molecular flexibility index (Phi) is 4.35. The number of aromatic nitrogens is 2. The first-order valence-electron chi connectivity index (χ1n) is 8.21. The third-order valence-corrected chi connectivity index (χ3v) is 3.95. The average Bonchev–Trinajstić information content (AvgIpc) is 2.70. The molecular weight excluding hydrogens is 326 g/mol.